The molecule has 1 aliphatic heterocycles. The monoisotopic (exact) mass is 496 g/mol. The molecule has 0 radical (unpaired) electrons. The third kappa shape index (κ3) is 4.33. The number of likely N-dealkylation sites (tertiary alicyclic amines) is 1. The van der Waals surface area contributed by atoms with Gasteiger partial charge in [-0.3, -0.25) is 4.79 Å². The van der Waals surface area contributed by atoms with Crippen molar-refractivity contribution in [2.24, 2.45) is 11.8 Å². The molecule has 4 atom stereocenters. The first-order valence-electron chi connectivity index (χ1n) is 11.2. The van der Waals surface area contributed by atoms with Gasteiger partial charge in [0.05, 0.1) is 12.3 Å². The smallest absolute Gasteiger partial charge is 0.226 e. The maximum absolute atomic E-state index is 15.5. The minimum Gasteiger partial charge on any atom is -0.334 e. The van der Waals surface area contributed by atoms with E-state index in [0.29, 0.717) is 12.5 Å². The number of hydrogen-bond donors (Lipinski definition) is 1. The van der Waals surface area contributed by atoms with Gasteiger partial charge in [-0.1, -0.05) is 18.2 Å². The Morgan fingerprint density at radius 3 is 2.38 bits per heavy atom. The SMILES string of the molecule is CS(=O)(=O)N[C@@H]1[C@H]2C[C@H]2N(C(=O)C2CC(F)C2)[C@@H]1Cc1cccc(-c2cc(F)cc(F)c2)c1F. The van der Waals surface area contributed by atoms with E-state index in [-0.39, 0.29) is 53.8 Å². The standard InChI is InChI=1S/C24H24F4N2O3S/c1-34(32,33)29-23-19-11-20(19)30(24(31)14-7-15(25)8-14)21(23)9-12-3-2-4-18(22(12)28)13-5-16(26)10-17(27)6-13/h2-6,10,14-15,19-21,23,29H,7-9,11H2,1H3/t14?,15?,19-,20+,21+,23+/m0/s1. The first kappa shape index (κ1) is 23.3. The highest BCUT2D eigenvalue weighted by Crippen LogP contribution is 2.51. The van der Waals surface area contributed by atoms with Crippen LogP contribution in [0.3, 0.4) is 0 Å². The molecular formula is C24H24F4N2O3S. The Bertz CT molecular complexity index is 1230. The summed E-state index contributed by atoms with van der Waals surface area (Å²) in [6, 6.07) is 5.81. The molecule has 1 saturated heterocycles. The molecule has 5 rings (SSSR count). The van der Waals surface area contributed by atoms with Crippen molar-refractivity contribution in [3.8, 4) is 11.1 Å². The molecule has 0 unspecified atom stereocenters. The first-order valence-corrected chi connectivity index (χ1v) is 13.1. The number of rotatable bonds is 6. The van der Waals surface area contributed by atoms with E-state index in [4.69, 9.17) is 0 Å². The minimum atomic E-state index is -3.60. The number of halogens is 4. The van der Waals surface area contributed by atoms with Gasteiger partial charge in [-0.2, -0.15) is 0 Å². The zero-order valence-electron chi connectivity index (χ0n) is 18.3. The van der Waals surface area contributed by atoms with Crippen molar-refractivity contribution in [3.05, 3.63) is 59.4 Å². The second-order valence-electron chi connectivity index (χ2n) is 9.60. The van der Waals surface area contributed by atoms with E-state index in [0.717, 1.165) is 18.4 Å². The van der Waals surface area contributed by atoms with Crippen molar-refractivity contribution in [2.45, 2.75) is 50.0 Å². The van der Waals surface area contributed by atoms with Gasteiger partial charge in [-0.25, -0.2) is 30.7 Å². The van der Waals surface area contributed by atoms with Crippen LogP contribution in [0.25, 0.3) is 11.1 Å². The average Bonchev–Trinajstić information content (AvgIpc) is 3.43. The Balaban J connectivity index is 1.48. The fourth-order valence-corrected chi connectivity index (χ4v) is 6.26. The van der Waals surface area contributed by atoms with Crippen LogP contribution in [0.1, 0.15) is 24.8 Å². The summed E-state index contributed by atoms with van der Waals surface area (Å²) in [5.41, 5.74) is 0.237. The van der Waals surface area contributed by atoms with E-state index in [2.05, 4.69) is 4.72 Å². The minimum absolute atomic E-state index is 0.00354. The number of fused-ring (bicyclic) bond motifs is 1. The predicted molar refractivity (Wildman–Crippen MR) is 117 cm³/mol. The topological polar surface area (TPSA) is 66.5 Å². The van der Waals surface area contributed by atoms with Crippen LogP contribution in [-0.2, 0) is 21.2 Å². The van der Waals surface area contributed by atoms with Crippen molar-refractivity contribution in [1.29, 1.82) is 0 Å². The molecule has 3 fully saturated rings. The molecule has 5 nitrogen and oxygen atoms in total. The lowest BCUT2D eigenvalue weighted by Crippen LogP contribution is -2.53. The number of carbonyl (C=O) groups is 1. The lowest BCUT2D eigenvalue weighted by Gasteiger charge is -2.38. The van der Waals surface area contributed by atoms with Gasteiger partial charge in [0, 0.05) is 29.6 Å². The zero-order chi connectivity index (χ0) is 24.4. The van der Waals surface area contributed by atoms with Crippen LogP contribution in [0.5, 0.6) is 0 Å². The number of hydrogen-bond acceptors (Lipinski definition) is 3. The summed E-state index contributed by atoms with van der Waals surface area (Å²) in [6.07, 6.45) is 0.930. The van der Waals surface area contributed by atoms with Crippen molar-refractivity contribution < 1.29 is 30.8 Å². The van der Waals surface area contributed by atoms with E-state index < -0.39 is 51.6 Å². The molecular weight excluding hydrogens is 472 g/mol. The number of alkyl halides is 1. The lowest BCUT2D eigenvalue weighted by atomic mass is 9.82. The molecule has 2 aliphatic carbocycles. The number of nitrogens with zero attached hydrogens (tertiary/aromatic N) is 1. The van der Waals surface area contributed by atoms with Crippen molar-refractivity contribution in [1.82, 2.24) is 9.62 Å². The van der Waals surface area contributed by atoms with Gasteiger partial charge < -0.3 is 4.90 Å². The van der Waals surface area contributed by atoms with Crippen LogP contribution in [0.15, 0.2) is 36.4 Å². The molecule has 34 heavy (non-hydrogen) atoms. The third-order valence-electron chi connectivity index (χ3n) is 7.11. The highest BCUT2D eigenvalue weighted by atomic mass is 32.2. The molecule has 2 saturated carbocycles. The normalized spacial score (nSPS) is 30.1. The van der Waals surface area contributed by atoms with Gasteiger partial charge in [-0.15, -0.1) is 0 Å². The van der Waals surface area contributed by atoms with Gasteiger partial charge in [-0.05, 0) is 54.9 Å². The van der Waals surface area contributed by atoms with Gasteiger partial charge >= 0.3 is 0 Å². The molecule has 0 bridgehead atoms. The van der Waals surface area contributed by atoms with Crippen LogP contribution >= 0.6 is 0 Å². The Kier molecular flexibility index (Phi) is 5.71. The van der Waals surface area contributed by atoms with Crippen LogP contribution in [0, 0.1) is 29.3 Å². The number of carbonyl (C=O) groups excluding carboxylic acids is 1. The fourth-order valence-electron chi connectivity index (χ4n) is 5.43. The Labute approximate surface area is 195 Å². The Hall–Kier alpha value is -2.46. The van der Waals surface area contributed by atoms with Crippen LogP contribution in [-0.4, -0.2) is 49.8 Å². The molecule has 3 aliphatic rings. The second-order valence-corrected chi connectivity index (χ2v) is 11.4. The number of amides is 1. The molecule has 0 aromatic heterocycles. The molecule has 1 N–H and O–H groups in total. The van der Waals surface area contributed by atoms with Crippen molar-refractivity contribution in [2.75, 3.05) is 6.26 Å². The van der Waals surface area contributed by atoms with E-state index in [1.807, 2.05) is 0 Å². The lowest BCUT2D eigenvalue weighted by molar-refractivity contribution is -0.142. The summed E-state index contributed by atoms with van der Waals surface area (Å²) in [6.45, 7) is 0. The largest absolute Gasteiger partial charge is 0.334 e. The first-order chi connectivity index (χ1) is 16.0. The highest BCUT2D eigenvalue weighted by Gasteiger charge is 2.61. The molecule has 1 amide bonds. The number of nitrogens with one attached hydrogen (secondary N) is 1. The van der Waals surface area contributed by atoms with E-state index >= 15 is 4.39 Å². The predicted octanol–water partition coefficient (Wildman–Crippen LogP) is 3.58. The van der Waals surface area contributed by atoms with Gasteiger partial charge in [0.2, 0.25) is 15.9 Å². The van der Waals surface area contributed by atoms with Crippen molar-refractivity contribution >= 4 is 15.9 Å². The summed E-state index contributed by atoms with van der Waals surface area (Å²) >= 11 is 0. The van der Waals surface area contributed by atoms with E-state index in [1.165, 1.54) is 12.1 Å². The second kappa shape index (κ2) is 8.34. The number of piperidine rings is 1. The van der Waals surface area contributed by atoms with Gasteiger partial charge in [0.1, 0.15) is 23.6 Å². The maximum Gasteiger partial charge on any atom is 0.226 e. The molecule has 0 spiro atoms. The van der Waals surface area contributed by atoms with Crippen LogP contribution < -0.4 is 4.72 Å². The molecule has 10 heteroatoms. The van der Waals surface area contributed by atoms with E-state index in [1.54, 1.807) is 11.0 Å². The van der Waals surface area contributed by atoms with Crippen LogP contribution in [0.2, 0.25) is 0 Å². The molecule has 2 aromatic rings. The fraction of sp³-hybridized carbons (Fsp3) is 0.458. The Morgan fingerprint density at radius 1 is 1.09 bits per heavy atom. The number of benzene rings is 2. The summed E-state index contributed by atoms with van der Waals surface area (Å²) < 4.78 is 83.0. The average molecular weight is 497 g/mol. The highest BCUT2D eigenvalue weighted by molar-refractivity contribution is 7.88. The summed E-state index contributed by atoms with van der Waals surface area (Å²) in [5, 5.41) is 0. The Morgan fingerprint density at radius 2 is 1.76 bits per heavy atom. The summed E-state index contributed by atoms with van der Waals surface area (Å²) in [4.78, 5) is 14.8. The molecule has 1 heterocycles. The quantitative estimate of drug-likeness (QED) is 0.622. The summed E-state index contributed by atoms with van der Waals surface area (Å²) in [5.74, 6) is -3.14. The third-order valence-corrected chi connectivity index (χ3v) is 7.81. The van der Waals surface area contributed by atoms with Gasteiger partial charge in [0.15, 0.2) is 0 Å². The molecule has 2 aromatic carbocycles. The van der Waals surface area contributed by atoms with E-state index in [9.17, 15) is 26.4 Å². The van der Waals surface area contributed by atoms with Crippen molar-refractivity contribution in [3.63, 3.8) is 0 Å². The van der Waals surface area contributed by atoms with Gasteiger partial charge in [0.25, 0.3) is 0 Å². The maximum atomic E-state index is 15.5. The molecule has 182 valence electrons. The van der Waals surface area contributed by atoms with Crippen LogP contribution in [0.4, 0.5) is 17.6 Å². The zero-order valence-corrected chi connectivity index (χ0v) is 19.2. The number of sulfonamides is 1. The summed E-state index contributed by atoms with van der Waals surface area (Å²) in [7, 11) is -3.60.